The minimum atomic E-state index is -0.0225. The molecule has 1 atom stereocenters. The molecule has 120 valence electrons. The molecule has 1 unspecified atom stereocenters. The Labute approximate surface area is 126 Å². The normalized spacial score (nSPS) is 19.5. The first-order chi connectivity index (χ1) is 9.44. The van der Waals surface area contributed by atoms with Crippen LogP contribution in [0.15, 0.2) is 0 Å². The maximum atomic E-state index is 5.48. The highest BCUT2D eigenvalue weighted by Crippen LogP contribution is 2.21. The van der Waals surface area contributed by atoms with Gasteiger partial charge in [0.1, 0.15) is 0 Å². The third-order valence-corrected chi connectivity index (χ3v) is 4.73. The molecule has 3 heteroatoms. The van der Waals surface area contributed by atoms with Gasteiger partial charge in [0, 0.05) is 19.2 Å². The lowest BCUT2D eigenvalue weighted by molar-refractivity contribution is 0.00854. The summed E-state index contributed by atoms with van der Waals surface area (Å²) in [6.07, 6.45) is 9.41. The zero-order valence-corrected chi connectivity index (χ0v) is 14.4. The number of ether oxygens (including phenoxy) is 1. The van der Waals surface area contributed by atoms with E-state index in [9.17, 15) is 0 Å². The molecule has 0 aromatic rings. The number of methoxy groups -OCH3 is 1. The second-order valence-electron chi connectivity index (χ2n) is 7.15. The summed E-state index contributed by atoms with van der Waals surface area (Å²) in [6, 6.07) is 1.36. The van der Waals surface area contributed by atoms with E-state index in [1.54, 1.807) is 7.11 Å². The van der Waals surface area contributed by atoms with E-state index in [-0.39, 0.29) is 5.60 Å². The van der Waals surface area contributed by atoms with Crippen molar-refractivity contribution in [3.05, 3.63) is 0 Å². The first-order valence-electron chi connectivity index (χ1n) is 8.43. The average Bonchev–Trinajstić information content (AvgIpc) is 2.44. The van der Waals surface area contributed by atoms with E-state index < -0.39 is 0 Å². The van der Waals surface area contributed by atoms with Crippen LogP contribution in [-0.4, -0.2) is 49.8 Å². The highest BCUT2D eigenvalue weighted by molar-refractivity contribution is 4.76. The summed E-state index contributed by atoms with van der Waals surface area (Å²) in [7, 11) is 4.10. The van der Waals surface area contributed by atoms with E-state index in [2.05, 4.69) is 38.0 Å². The van der Waals surface area contributed by atoms with E-state index in [4.69, 9.17) is 4.74 Å². The first-order valence-corrected chi connectivity index (χ1v) is 8.43. The van der Waals surface area contributed by atoms with Gasteiger partial charge in [0.15, 0.2) is 0 Å². The molecule has 0 aliphatic heterocycles. The third kappa shape index (κ3) is 7.05. The molecule has 3 nitrogen and oxygen atoms in total. The van der Waals surface area contributed by atoms with Crippen molar-refractivity contribution in [3.8, 4) is 0 Å². The minimum Gasteiger partial charge on any atom is -0.379 e. The van der Waals surface area contributed by atoms with Gasteiger partial charge in [-0.15, -0.1) is 0 Å². The van der Waals surface area contributed by atoms with Crippen LogP contribution in [0.4, 0.5) is 0 Å². The molecule has 1 N–H and O–H groups in total. The third-order valence-electron chi connectivity index (χ3n) is 4.73. The number of hydrogen-bond donors (Lipinski definition) is 1. The quantitative estimate of drug-likeness (QED) is 0.657. The van der Waals surface area contributed by atoms with Crippen molar-refractivity contribution >= 4 is 0 Å². The number of rotatable bonds is 9. The molecule has 0 heterocycles. The average molecular weight is 284 g/mol. The van der Waals surface area contributed by atoms with Crippen molar-refractivity contribution in [1.82, 2.24) is 10.2 Å². The van der Waals surface area contributed by atoms with Gasteiger partial charge in [0.2, 0.25) is 0 Å². The Bertz CT molecular complexity index is 249. The molecule has 20 heavy (non-hydrogen) atoms. The fourth-order valence-corrected chi connectivity index (χ4v) is 3.27. The fourth-order valence-electron chi connectivity index (χ4n) is 3.27. The van der Waals surface area contributed by atoms with Crippen LogP contribution in [0.1, 0.15) is 65.7 Å². The zero-order valence-electron chi connectivity index (χ0n) is 14.4. The van der Waals surface area contributed by atoms with Crippen molar-refractivity contribution in [2.24, 2.45) is 0 Å². The second-order valence-corrected chi connectivity index (χ2v) is 7.15. The summed E-state index contributed by atoms with van der Waals surface area (Å²) < 4.78 is 5.48. The van der Waals surface area contributed by atoms with Crippen molar-refractivity contribution < 1.29 is 4.74 Å². The summed E-state index contributed by atoms with van der Waals surface area (Å²) in [5.74, 6) is 0. The van der Waals surface area contributed by atoms with E-state index in [0.29, 0.717) is 6.04 Å². The predicted molar refractivity (Wildman–Crippen MR) is 87.3 cm³/mol. The Kier molecular flexibility index (Phi) is 8.08. The molecule has 0 radical (unpaired) electrons. The number of nitrogens with zero attached hydrogens (tertiary/aromatic N) is 1. The fraction of sp³-hybridized carbons (Fsp3) is 1.00. The van der Waals surface area contributed by atoms with Crippen LogP contribution in [0.3, 0.4) is 0 Å². The summed E-state index contributed by atoms with van der Waals surface area (Å²) in [6.45, 7) is 8.89. The molecule has 0 spiro atoms. The van der Waals surface area contributed by atoms with Crippen LogP contribution >= 0.6 is 0 Å². The van der Waals surface area contributed by atoms with Crippen LogP contribution in [0, 0.1) is 0 Å². The van der Waals surface area contributed by atoms with Crippen LogP contribution in [0.25, 0.3) is 0 Å². The summed E-state index contributed by atoms with van der Waals surface area (Å²) in [4.78, 5) is 2.57. The molecule has 0 amide bonds. The summed E-state index contributed by atoms with van der Waals surface area (Å²) in [5.41, 5.74) is -0.0225. The smallest absolute Gasteiger partial charge is 0.0637 e. The van der Waals surface area contributed by atoms with Gasteiger partial charge in [-0.05, 0) is 66.6 Å². The molecule has 0 saturated heterocycles. The highest BCUT2D eigenvalue weighted by atomic mass is 16.5. The molecule has 0 bridgehead atoms. The molecule has 1 rings (SSSR count). The van der Waals surface area contributed by atoms with Crippen molar-refractivity contribution in [2.75, 3.05) is 27.2 Å². The molecule has 1 aliphatic rings. The maximum absolute atomic E-state index is 5.48. The molecule has 0 aromatic heterocycles. The lowest BCUT2D eigenvalue weighted by Crippen LogP contribution is -2.38. The molecule has 1 aliphatic carbocycles. The Hall–Kier alpha value is -0.120. The molecule has 0 aromatic carbocycles. The minimum absolute atomic E-state index is 0.0225. The van der Waals surface area contributed by atoms with E-state index in [1.165, 1.54) is 45.1 Å². The Morgan fingerprint density at radius 1 is 1.25 bits per heavy atom. The van der Waals surface area contributed by atoms with Crippen LogP contribution in [0.5, 0.6) is 0 Å². The van der Waals surface area contributed by atoms with Crippen molar-refractivity contribution in [2.45, 2.75) is 83.4 Å². The SMILES string of the molecule is COC(C)(C)CC(C)NCCCN(C)C1CCCCC1. The monoisotopic (exact) mass is 284 g/mol. The lowest BCUT2D eigenvalue weighted by Gasteiger charge is -2.31. The van der Waals surface area contributed by atoms with E-state index >= 15 is 0 Å². The molecule has 1 fully saturated rings. The van der Waals surface area contributed by atoms with Gasteiger partial charge in [-0.1, -0.05) is 19.3 Å². The highest BCUT2D eigenvalue weighted by Gasteiger charge is 2.20. The number of nitrogens with one attached hydrogen (secondary N) is 1. The molecular formula is C17H36N2O. The standard InChI is InChI=1S/C17H36N2O/c1-15(14-17(2,3)20-5)18-12-9-13-19(4)16-10-7-6-8-11-16/h15-16,18H,6-14H2,1-5H3. The van der Waals surface area contributed by atoms with Gasteiger partial charge >= 0.3 is 0 Å². The largest absolute Gasteiger partial charge is 0.379 e. The van der Waals surface area contributed by atoms with Crippen molar-refractivity contribution in [3.63, 3.8) is 0 Å². The van der Waals surface area contributed by atoms with Crippen LogP contribution < -0.4 is 5.32 Å². The van der Waals surface area contributed by atoms with Gasteiger partial charge in [0.05, 0.1) is 5.60 Å². The maximum Gasteiger partial charge on any atom is 0.0637 e. The van der Waals surface area contributed by atoms with Gasteiger partial charge in [-0.3, -0.25) is 0 Å². The van der Waals surface area contributed by atoms with E-state index in [0.717, 1.165) is 19.0 Å². The van der Waals surface area contributed by atoms with Gasteiger partial charge in [-0.2, -0.15) is 0 Å². The Balaban J connectivity index is 2.08. The summed E-state index contributed by atoms with van der Waals surface area (Å²) in [5, 5.41) is 3.62. The lowest BCUT2D eigenvalue weighted by atomic mass is 9.94. The van der Waals surface area contributed by atoms with E-state index in [1.807, 2.05) is 0 Å². The Morgan fingerprint density at radius 2 is 1.90 bits per heavy atom. The molecule has 1 saturated carbocycles. The second kappa shape index (κ2) is 9.01. The zero-order chi connectivity index (χ0) is 15.0. The molecular weight excluding hydrogens is 248 g/mol. The Morgan fingerprint density at radius 3 is 2.50 bits per heavy atom. The number of hydrogen-bond acceptors (Lipinski definition) is 3. The van der Waals surface area contributed by atoms with Crippen LogP contribution in [-0.2, 0) is 4.74 Å². The predicted octanol–water partition coefficient (Wildman–Crippen LogP) is 3.43. The van der Waals surface area contributed by atoms with Crippen molar-refractivity contribution in [1.29, 1.82) is 0 Å². The van der Waals surface area contributed by atoms with Gasteiger partial charge < -0.3 is 15.0 Å². The summed E-state index contributed by atoms with van der Waals surface area (Å²) >= 11 is 0. The van der Waals surface area contributed by atoms with Crippen LogP contribution in [0.2, 0.25) is 0 Å². The topological polar surface area (TPSA) is 24.5 Å². The van der Waals surface area contributed by atoms with Gasteiger partial charge in [-0.25, -0.2) is 0 Å². The first kappa shape index (κ1) is 17.9. The van der Waals surface area contributed by atoms with Gasteiger partial charge in [0.25, 0.3) is 0 Å².